The summed E-state index contributed by atoms with van der Waals surface area (Å²) in [5, 5.41) is 2.94. The van der Waals surface area contributed by atoms with Crippen molar-refractivity contribution < 1.29 is 14.3 Å². The molecule has 2 aromatic carbocycles. The molecule has 2 N–H and O–H groups in total. The first-order valence-corrected chi connectivity index (χ1v) is 8.34. The zero-order valence-corrected chi connectivity index (χ0v) is 14.7. The molecule has 134 valence electrons. The van der Waals surface area contributed by atoms with Crippen molar-refractivity contribution >= 4 is 5.91 Å². The van der Waals surface area contributed by atoms with Gasteiger partial charge in [-0.05, 0) is 31.2 Å². The lowest BCUT2D eigenvalue weighted by Crippen LogP contribution is -2.36. The molecule has 1 aromatic heterocycles. The van der Waals surface area contributed by atoms with Gasteiger partial charge in [-0.25, -0.2) is 4.98 Å². The van der Waals surface area contributed by atoms with Gasteiger partial charge in [0.15, 0.2) is 11.5 Å². The summed E-state index contributed by atoms with van der Waals surface area (Å²) in [5.41, 5.74) is 1.43. The van der Waals surface area contributed by atoms with Crippen LogP contribution in [0.25, 0.3) is 11.4 Å². The lowest BCUT2D eigenvalue weighted by atomic mass is 10.1. The third-order valence-corrected chi connectivity index (χ3v) is 3.83. The molecule has 6 heteroatoms. The van der Waals surface area contributed by atoms with Gasteiger partial charge in [-0.15, -0.1) is 0 Å². The Hall–Kier alpha value is -3.28. The third-order valence-electron chi connectivity index (χ3n) is 3.83. The molecule has 0 unspecified atom stereocenters. The highest BCUT2D eigenvalue weighted by atomic mass is 16.5. The number of aromatic nitrogens is 2. The van der Waals surface area contributed by atoms with Crippen LogP contribution in [-0.4, -0.2) is 35.6 Å². The Morgan fingerprint density at radius 1 is 1.19 bits per heavy atom. The predicted octanol–water partition coefficient (Wildman–Crippen LogP) is 3.28. The number of nitrogens with zero attached hydrogens (tertiary/aromatic N) is 1. The molecule has 3 rings (SSSR count). The van der Waals surface area contributed by atoms with E-state index in [2.05, 4.69) is 15.3 Å². The van der Waals surface area contributed by atoms with E-state index < -0.39 is 0 Å². The Labute approximate surface area is 152 Å². The standard InChI is InChI=1S/C20H21N3O3/c1-14(13-26-18-9-4-3-8-17(18)25-2)23-20(24)16-7-5-6-15(12-16)19-21-10-11-22-19/h3-12,14H,13H2,1-2H3,(H,21,22)(H,23,24)/t14-/m1/s1. The van der Waals surface area contributed by atoms with Crippen molar-refractivity contribution in [2.75, 3.05) is 13.7 Å². The van der Waals surface area contributed by atoms with Gasteiger partial charge >= 0.3 is 0 Å². The largest absolute Gasteiger partial charge is 0.493 e. The molecule has 0 saturated carbocycles. The monoisotopic (exact) mass is 351 g/mol. The van der Waals surface area contributed by atoms with E-state index in [9.17, 15) is 4.79 Å². The maximum Gasteiger partial charge on any atom is 0.251 e. The van der Waals surface area contributed by atoms with Gasteiger partial charge < -0.3 is 19.8 Å². The minimum atomic E-state index is -0.167. The van der Waals surface area contributed by atoms with Crippen LogP contribution >= 0.6 is 0 Å². The van der Waals surface area contributed by atoms with Gasteiger partial charge in [0.1, 0.15) is 12.4 Å². The SMILES string of the molecule is COc1ccccc1OC[C@@H](C)NC(=O)c1cccc(-c2ncc[nH]2)c1. The van der Waals surface area contributed by atoms with Crippen LogP contribution < -0.4 is 14.8 Å². The van der Waals surface area contributed by atoms with Crippen molar-refractivity contribution in [1.29, 1.82) is 0 Å². The molecular formula is C20H21N3O3. The molecule has 0 spiro atoms. The van der Waals surface area contributed by atoms with Crippen LogP contribution in [0.4, 0.5) is 0 Å². The maximum absolute atomic E-state index is 12.5. The number of hydrogen-bond acceptors (Lipinski definition) is 4. The number of methoxy groups -OCH3 is 1. The Balaban J connectivity index is 1.60. The third kappa shape index (κ3) is 4.22. The topological polar surface area (TPSA) is 76.2 Å². The summed E-state index contributed by atoms with van der Waals surface area (Å²) < 4.78 is 11.0. The van der Waals surface area contributed by atoms with E-state index in [1.165, 1.54) is 0 Å². The van der Waals surface area contributed by atoms with Gasteiger partial charge in [-0.3, -0.25) is 4.79 Å². The van der Waals surface area contributed by atoms with Crippen LogP contribution in [0.3, 0.4) is 0 Å². The zero-order valence-electron chi connectivity index (χ0n) is 14.7. The first-order valence-electron chi connectivity index (χ1n) is 8.34. The van der Waals surface area contributed by atoms with Gasteiger partial charge in [0, 0.05) is 23.5 Å². The molecule has 0 radical (unpaired) electrons. The van der Waals surface area contributed by atoms with Crippen LogP contribution in [-0.2, 0) is 0 Å². The number of imidazole rings is 1. The molecule has 0 bridgehead atoms. The number of nitrogens with one attached hydrogen (secondary N) is 2. The molecule has 0 fully saturated rings. The number of para-hydroxylation sites is 2. The second-order valence-electron chi connectivity index (χ2n) is 5.85. The minimum Gasteiger partial charge on any atom is -0.493 e. The summed E-state index contributed by atoms with van der Waals surface area (Å²) in [7, 11) is 1.60. The number of hydrogen-bond donors (Lipinski definition) is 2. The van der Waals surface area contributed by atoms with E-state index >= 15 is 0 Å². The van der Waals surface area contributed by atoms with Gasteiger partial charge in [-0.1, -0.05) is 24.3 Å². The number of amides is 1. The fraction of sp³-hybridized carbons (Fsp3) is 0.200. The number of carbonyl (C=O) groups excluding carboxylic acids is 1. The minimum absolute atomic E-state index is 0.158. The van der Waals surface area contributed by atoms with E-state index in [4.69, 9.17) is 9.47 Å². The van der Waals surface area contributed by atoms with E-state index in [-0.39, 0.29) is 11.9 Å². The number of carbonyl (C=O) groups is 1. The second-order valence-corrected chi connectivity index (χ2v) is 5.85. The Bertz CT molecular complexity index is 862. The number of rotatable bonds is 7. The van der Waals surface area contributed by atoms with Gasteiger partial charge in [0.05, 0.1) is 13.2 Å². The molecule has 1 amide bonds. The van der Waals surface area contributed by atoms with Crippen molar-refractivity contribution in [2.45, 2.75) is 13.0 Å². The molecule has 6 nitrogen and oxygen atoms in total. The average molecular weight is 351 g/mol. The average Bonchev–Trinajstić information content (AvgIpc) is 3.21. The molecule has 26 heavy (non-hydrogen) atoms. The van der Waals surface area contributed by atoms with Crippen LogP contribution in [0, 0.1) is 0 Å². The molecule has 3 aromatic rings. The molecule has 0 aliphatic rings. The molecule has 0 saturated heterocycles. The Morgan fingerprint density at radius 3 is 2.73 bits per heavy atom. The van der Waals surface area contributed by atoms with Crippen LogP contribution in [0.5, 0.6) is 11.5 Å². The van der Waals surface area contributed by atoms with Crippen LogP contribution in [0.2, 0.25) is 0 Å². The lowest BCUT2D eigenvalue weighted by Gasteiger charge is -2.16. The fourth-order valence-corrected chi connectivity index (χ4v) is 2.53. The number of aromatic amines is 1. The molecular weight excluding hydrogens is 330 g/mol. The normalized spacial score (nSPS) is 11.6. The summed E-state index contributed by atoms with van der Waals surface area (Å²) in [6, 6.07) is 14.6. The first kappa shape index (κ1) is 17.5. The van der Waals surface area contributed by atoms with Crippen molar-refractivity contribution in [1.82, 2.24) is 15.3 Å². The quantitative estimate of drug-likeness (QED) is 0.685. The van der Waals surface area contributed by atoms with Crippen LogP contribution in [0.1, 0.15) is 17.3 Å². The zero-order chi connectivity index (χ0) is 18.4. The van der Waals surface area contributed by atoms with Crippen LogP contribution in [0.15, 0.2) is 60.9 Å². The maximum atomic E-state index is 12.5. The molecule has 1 heterocycles. The molecule has 0 aliphatic heterocycles. The van der Waals surface area contributed by atoms with E-state index in [1.807, 2.05) is 49.4 Å². The van der Waals surface area contributed by atoms with Crippen molar-refractivity contribution in [3.05, 3.63) is 66.5 Å². The highest BCUT2D eigenvalue weighted by Gasteiger charge is 2.13. The highest BCUT2D eigenvalue weighted by Crippen LogP contribution is 2.25. The molecule has 1 atom stereocenters. The number of benzene rings is 2. The van der Waals surface area contributed by atoms with E-state index in [1.54, 1.807) is 25.6 Å². The fourth-order valence-electron chi connectivity index (χ4n) is 2.53. The molecule has 0 aliphatic carbocycles. The summed E-state index contributed by atoms with van der Waals surface area (Å²) in [6.45, 7) is 2.23. The summed E-state index contributed by atoms with van der Waals surface area (Å²) in [4.78, 5) is 19.7. The summed E-state index contributed by atoms with van der Waals surface area (Å²) in [5.74, 6) is 1.88. The first-order chi connectivity index (χ1) is 12.7. The summed E-state index contributed by atoms with van der Waals surface area (Å²) >= 11 is 0. The number of ether oxygens (including phenoxy) is 2. The predicted molar refractivity (Wildman–Crippen MR) is 99.4 cm³/mol. The second kappa shape index (κ2) is 8.20. The van der Waals surface area contributed by atoms with Gasteiger partial charge in [0.2, 0.25) is 0 Å². The Kier molecular flexibility index (Phi) is 5.53. The van der Waals surface area contributed by atoms with E-state index in [0.717, 1.165) is 11.4 Å². The highest BCUT2D eigenvalue weighted by molar-refractivity contribution is 5.95. The van der Waals surface area contributed by atoms with E-state index in [0.29, 0.717) is 23.7 Å². The smallest absolute Gasteiger partial charge is 0.251 e. The Morgan fingerprint density at radius 2 is 2.00 bits per heavy atom. The van der Waals surface area contributed by atoms with Gasteiger partial charge in [-0.2, -0.15) is 0 Å². The van der Waals surface area contributed by atoms with Crippen molar-refractivity contribution in [3.8, 4) is 22.9 Å². The van der Waals surface area contributed by atoms with Crippen molar-refractivity contribution in [2.24, 2.45) is 0 Å². The van der Waals surface area contributed by atoms with Crippen molar-refractivity contribution in [3.63, 3.8) is 0 Å². The summed E-state index contributed by atoms with van der Waals surface area (Å²) in [6.07, 6.45) is 3.43. The lowest BCUT2D eigenvalue weighted by molar-refractivity contribution is 0.0926. The number of H-pyrrole nitrogens is 1. The van der Waals surface area contributed by atoms with Gasteiger partial charge in [0.25, 0.3) is 5.91 Å².